The number of halogens is 1. The minimum absolute atomic E-state index is 0.157. The van der Waals surface area contributed by atoms with Crippen LogP contribution in [0.25, 0.3) is 22.2 Å². The van der Waals surface area contributed by atoms with Gasteiger partial charge in [-0.1, -0.05) is 44.9 Å². The van der Waals surface area contributed by atoms with Crippen molar-refractivity contribution in [1.29, 1.82) is 0 Å². The molecule has 0 aliphatic heterocycles. The number of imidazole rings is 1. The Labute approximate surface area is 149 Å². The van der Waals surface area contributed by atoms with Gasteiger partial charge in [-0.15, -0.1) is 0 Å². The Morgan fingerprint density at radius 3 is 2.52 bits per heavy atom. The van der Waals surface area contributed by atoms with Gasteiger partial charge in [-0.2, -0.15) is 0 Å². The molecule has 0 N–H and O–H groups in total. The van der Waals surface area contributed by atoms with Crippen molar-refractivity contribution in [3.05, 3.63) is 53.1 Å². The third-order valence-electron chi connectivity index (χ3n) is 4.96. The molecule has 0 aliphatic carbocycles. The molecule has 3 aromatic rings. The first-order valence-electron chi connectivity index (χ1n) is 9.32. The van der Waals surface area contributed by atoms with Crippen LogP contribution in [0, 0.1) is 19.7 Å². The first-order chi connectivity index (χ1) is 12.1. The Hall–Kier alpha value is -2.16. The minimum atomic E-state index is -0.157. The topological polar surface area (TPSA) is 17.8 Å². The van der Waals surface area contributed by atoms with Gasteiger partial charge in [-0.25, -0.2) is 9.37 Å². The van der Waals surface area contributed by atoms with Crippen molar-refractivity contribution in [3.8, 4) is 11.1 Å². The van der Waals surface area contributed by atoms with E-state index in [-0.39, 0.29) is 5.82 Å². The van der Waals surface area contributed by atoms with Gasteiger partial charge in [-0.3, -0.25) is 0 Å². The zero-order valence-electron chi connectivity index (χ0n) is 15.7. The number of nitrogens with zero attached hydrogens (tertiary/aromatic N) is 2. The van der Waals surface area contributed by atoms with E-state index in [2.05, 4.69) is 36.6 Å². The molecule has 0 saturated carbocycles. The lowest BCUT2D eigenvalue weighted by Crippen LogP contribution is -2.03. The molecule has 0 saturated heterocycles. The van der Waals surface area contributed by atoms with Crippen molar-refractivity contribution in [2.45, 2.75) is 59.9 Å². The maximum absolute atomic E-state index is 14.2. The standard InChI is InChI=1S/C22H27FN2/c1-5-7-8-12-25-20-11-9-10-17(22(20)24-21(25)6-2)18-14-19(23)16(4)13-15(18)3/h9-11,13-14H,5-8,12H2,1-4H3. The zero-order chi connectivity index (χ0) is 18.0. The first-order valence-corrected chi connectivity index (χ1v) is 9.32. The second-order valence-corrected chi connectivity index (χ2v) is 6.83. The molecular formula is C22H27FN2. The Morgan fingerprint density at radius 2 is 1.80 bits per heavy atom. The van der Waals surface area contributed by atoms with Crippen LogP contribution in [0.4, 0.5) is 4.39 Å². The van der Waals surface area contributed by atoms with E-state index in [4.69, 9.17) is 4.98 Å². The van der Waals surface area contributed by atoms with E-state index in [1.54, 1.807) is 6.07 Å². The Bertz CT molecular complexity index is 893. The van der Waals surface area contributed by atoms with Gasteiger partial charge in [0.15, 0.2) is 0 Å². The predicted molar refractivity (Wildman–Crippen MR) is 104 cm³/mol. The fourth-order valence-corrected chi connectivity index (χ4v) is 3.57. The predicted octanol–water partition coefficient (Wildman–Crippen LogP) is 6.21. The van der Waals surface area contributed by atoms with E-state index in [1.165, 1.54) is 12.8 Å². The summed E-state index contributed by atoms with van der Waals surface area (Å²) < 4.78 is 16.5. The van der Waals surface area contributed by atoms with E-state index in [9.17, 15) is 4.39 Å². The van der Waals surface area contributed by atoms with Gasteiger partial charge in [-0.05, 0) is 49.1 Å². The molecule has 25 heavy (non-hydrogen) atoms. The first kappa shape index (κ1) is 17.7. The van der Waals surface area contributed by atoms with Crippen LogP contribution >= 0.6 is 0 Å². The quantitative estimate of drug-likeness (QED) is 0.488. The molecule has 3 rings (SSSR count). The third kappa shape index (κ3) is 3.33. The summed E-state index contributed by atoms with van der Waals surface area (Å²) in [7, 11) is 0. The summed E-state index contributed by atoms with van der Waals surface area (Å²) in [5, 5.41) is 0. The molecule has 0 fully saturated rings. The highest BCUT2D eigenvalue weighted by atomic mass is 19.1. The van der Waals surface area contributed by atoms with E-state index < -0.39 is 0 Å². The normalized spacial score (nSPS) is 11.4. The van der Waals surface area contributed by atoms with E-state index >= 15 is 0 Å². The molecule has 2 nitrogen and oxygen atoms in total. The van der Waals surface area contributed by atoms with Crippen LogP contribution in [0.5, 0.6) is 0 Å². The number of unbranched alkanes of at least 4 members (excludes halogenated alkanes) is 2. The molecule has 0 atom stereocenters. The van der Waals surface area contributed by atoms with Crippen LogP contribution < -0.4 is 0 Å². The average molecular weight is 338 g/mol. The number of aromatic nitrogens is 2. The second-order valence-electron chi connectivity index (χ2n) is 6.83. The number of para-hydroxylation sites is 1. The summed E-state index contributed by atoms with van der Waals surface area (Å²) >= 11 is 0. The van der Waals surface area contributed by atoms with Gasteiger partial charge in [0.05, 0.1) is 11.0 Å². The molecular weight excluding hydrogens is 311 g/mol. The van der Waals surface area contributed by atoms with Gasteiger partial charge < -0.3 is 4.57 Å². The van der Waals surface area contributed by atoms with Crippen molar-refractivity contribution in [2.75, 3.05) is 0 Å². The molecule has 3 heteroatoms. The summed E-state index contributed by atoms with van der Waals surface area (Å²) in [5.74, 6) is 0.958. The Kier molecular flexibility index (Phi) is 5.22. The van der Waals surface area contributed by atoms with E-state index in [1.807, 2.05) is 19.9 Å². The summed E-state index contributed by atoms with van der Waals surface area (Å²) in [6.45, 7) is 9.22. The van der Waals surface area contributed by atoms with Crippen molar-refractivity contribution in [3.63, 3.8) is 0 Å². The minimum Gasteiger partial charge on any atom is -0.328 e. The third-order valence-corrected chi connectivity index (χ3v) is 4.96. The summed E-state index contributed by atoms with van der Waals surface area (Å²) in [6.07, 6.45) is 4.50. The van der Waals surface area contributed by atoms with Gasteiger partial charge in [0.1, 0.15) is 11.6 Å². The van der Waals surface area contributed by atoms with Crippen LogP contribution in [0.15, 0.2) is 30.3 Å². The summed E-state index contributed by atoms with van der Waals surface area (Å²) in [6, 6.07) is 9.83. The number of rotatable bonds is 6. The van der Waals surface area contributed by atoms with Crippen LogP contribution in [0.1, 0.15) is 50.1 Å². The fourth-order valence-electron chi connectivity index (χ4n) is 3.57. The lowest BCUT2D eigenvalue weighted by atomic mass is 9.97. The number of hydrogen-bond donors (Lipinski definition) is 0. The second kappa shape index (κ2) is 7.38. The lowest BCUT2D eigenvalue weighted by molar-refractivity contribution is 0.594. The zero-order valence-corrected chi connectivity index (χ0v) is 15.7. The van der Waals surface area contributed by atoms with Crippen LogP contribution in [0.3, 0.4) is 0 Å². The number of hydrogen-bond acceptors (Lipinski definition) is 1. The highest BCUT2D eigenvalue weighted by Gasteiger charge is 2.15. The maximum atomic E-state index is 14.2. The van der Waals surface area contributed by atoms with E-state index in [0.717, 1.165) is 52.9 Å². The average Bonchev–Trinajstić information content (AvgIpc) is 2.96. The van der Waals surface area contributed by atoms with Gasteiger partial charge in [0.2, 0.25) is 0 Å². The lowest BCUT2D eigenvalue weighted by Gasteiger charge is -2.10. The molecule has 0 amide bonds. The Morgan fingerprint density at radius 1 is 1.00 bits per heavy atom. The monoisotopic (exact) mass is 338 g/mol. The fraction of sp³-hybridized carbons (Fsp3) is 0.409. The smallest absolute Gasteiger partial charge is 0.126 e. The number of benzene rings is 2. The van der Waals surface area contributed by atoms with Gasteiger partial charge >= 0.3 is 0 Å². The largest absolute Gasteiger partial charge is 0.328 e. The molecule has 1 heterocycles. The van der Waals surface area contributed by atoms with Crippen LogP contribution in [-0.4, -0.2) is 9.55 Å². The molecule has 1 aromatic heterocycles. The molecule has 0 radical (unpaired) electrons. The molecule has 2 aromatic carbocycles. The van der Waals surface area contributed by atoms with Crippen molar-refractivity contribution in [1.82, 2.24) is 9.55 Å². The summed E-state index contributed by atoms with van der Waals surface area (Å²) in [4.78, 5) is 4.92. The SMILES string of the molecule is CCCCCn1c(CC)nc2c(-c3cc(F)c(C)cc3C)cccc21. The molecule has 0 unspecified atom stereocenters. The van der Waals surface area contributed by atoms with Crippen molar-refractivity contribution in [2.24, 2.45) is 0 Å². The van der Waals surface area contributed by atoms with Crippen molar-refractivity contribution < 1.29 is 4.39 Å². The summed E-state index contributed by atoms with van der Waals surface area (Å²) in [5.41, 5.74) is 5.89. The van der Waals surface area contributed by atoms with Gasteiger partial charge in [0.25, 0.3) is 0 Å². The molecule has 0 spiro atoms. The van der Waals surface area contributed by atoms with Gasteiger partial charge in [0, 0.05) is 18.5 Å². The van der Waals surface area contributed by atoms with E-state index in [0.29, 0.717) is 5.56 Å². The van der Waals surface area contributed by atoms with Crippen molar-refractivity contribution >= 4 is 11.0 Å². The Balaban J connectivity index is 2.16. The number of aryl methyl sites for hydroxylation is 4. The molecule has 132 valence electrons. The molecule has 0 aliphatic rings. The molecule has 0 bridgehead atoms. The van der Waals surface area contributed by atoms with Crippen LogP contribution in [0.2, 0.25) is 0 Å². The highest BCUT2D eigenvalue weighted by molar-refractivity contribution is 5.93. The highest BCUT2D eigenvalue weighted by Crippen LogP contribution is 2.32. The maximum Gasteiger partial charge on any atom is 0.126 e. The number of fused-ring (bicyclic) bond motifs is 1. The van der Waals surface area contributed by atoms with Crippen LogP contribution in [-0.2, 0) is 13.0 Å².